The summed E-state index contributed by atoms with van der Waals surface area (Å²) < 4.78 is 14.2. The SMILES string of the molecule is Cc1ccc(NC(=O)c2cc(F)ccc2N)cc1I. The minimum absolute atomic E-state index is 0.135. The lowest BCUT2D eigenvalue weighted by molar-refractivity contribution is 0.102. The van der Waals surface area contributed by atoms with Gasteiger partial charge in [-0.1, -0.05) is 6.07 Å². The fourth-order valence-electron chi connectivity index (χ4n) is 1.59. The Kier molecular flexibility index (Phi) is 4.04. The molecule has 3 N–H and O–H groups in total. The minimum Gasteiger partial charge on any atom is -0.398 e. The van der Waals surface area contributed by atoms with Gasteiger partial charge < -0.3 is 11.1 Å². The molecule has 2 aromatic rings. The Bertz CT molecular complexity index is 643. The van der Waals surface area contributed by atoms with E-state index >= 15 is 0 Å². The van der Waals surface area contributed by atoms with Crippen LogP contribution in [0.4, 0.5) is 15.8 Å². The summed E-state index contributed by atoms with van der Waals surface area (Å²) in [5.74, 6) is -0.908. The molecular formula is C14H12FIN2O. The second kappa shape index (κ2) is 5.56. The fourth-order valence-corrected chi connectivity index (χ4v) is 2.11. The highest BCUT2D eigenvalue weighted by Crippen LogP contribution is 2.19. The number of carbonyl (C=O) groups excluding carboxylic acids is 1. The molecule has 0 atom stereocenters. The Morgan fingerprint density at radius 3 is 2.68 bits per heavy atom. The molecule has 19 heavy (non-hydrogen) atoms. The zero-order valence-electron chi connectivity index (χ0n) is 10.2. The van der Waals surface area contributed by atoms with Gasteiger partial charge in [-0.2, -0.15) is 0 Å². The van der Waals surface area contributed by atoms with E-state index in [0.717, 1.165) is 15.2 Å². The fraction of sp³-hybridized carbons (Fsp3) is 0.0714. The first-order chi connectivity index (χ1) is 8.97. The lowest BCUT2D eigenvalue weighted by Crippen LogP contribution is -2.14. The van der Waals surface area contributed by atoms with Crippen molar-refractivity contribution in [3.8, 4) is 0 Å². The summed E-state index contributed by atoms with van der Waals surface area (Å²) in [4.78, 5) is 12.0. The quantitative estimate of drug-likeness (QED) is 0.627. The summed E-state index contributed by atoms with van der Waals surface area (Å²) >= 11 is 2.19. The predicted molar refractivity (Wildman–Crippen MR) is 82.7 cm³/mol. The second-order valence-electron chi connectivity index (χ2n) is 4.15. The monoisotopic (exact) mass is 370 g/mol. The molecule has 0 saturated carbocycles. The van der Waals surface area contributed by atoms with Crippen molar-refractivity contribution >= 4 is 39.9 Å². The van der Waals surface area contributed by atoms with E-state index in [2.05, 4.69) is 27.9 Å². The molecule has 0 aliphatic rings. The van der Waals surface area contributed by atoms with Crippen molar-refractivity contribution in [2.24, 2.45) is 0 Å². The second-order valence-corrected chi connectivity index (χ2v) is 5.31. The lowest BCUT2D eigenvalue weighted by Gasteiger charge is -2.09. The number of halogens is 2. The first kappa shape index (κ1) is 13.8. The van der Waals surface area contributed by atoms with Crippen LogP contribution in [-0.4, -0.2) is 5.91 Å². The van der Waals surface area contributed by atoms with Crippen LogP contribution in [0, 0.1) is 16.3 Å². The van der Waals surface area contributed by atoms with E-state index in [1.165, 1.54) is 12.1 Å². The van der Waals surface area contributed by atoms with Crippen LogP contribution in [0.25, 0.3) is 0 Å². The molecule has 0 aromatic heterocycles. The summed E-state index contributed by atoms with van der Waals surface area (Å²) in [5.41, 5.74) is 7.84. The third-order valence-corrected chi connectivity index (χ3v) is 3.85. The van der Waals surface area contributed by atoms with Crippen LogP contribution in [-0.2, 0) is 0 Å². The van der Waals surface area contributed by atoms with Gasteiger partial charge in [0.1, 0.15) is 5.82 Å². The number of rotatable bonds is 2. The van der Waals surface area contributed by atoms with Gasteiger partial charge in [0.15, 0.2) is 0 Å². The Morgan fingerprint density at radius 2 is 2.00 bits per heavy atom. The molecule has 0 bridgehead atoms. The molecule has 0 heterocycles. The van der Waals surface area contributed by atoms with Gasteiger partial charge >= 0.3 is 0 Å². The number of anilines is 2. The molecule has 3 nitrogen and oxygen atoms in total. The van der Waals surface area contributed by atoms with Crippen molar-refractivity contribution in [2.45, 2.75) is 6.92 Å². The number of nitrogens with one attached hydrogen (secondary N) is 1. The molecule has 2 rings (SSSR count). The minimum atomic E-state index is -0.488. The molecule has 5 heteroatoms. The van der Waals surface area contributed by atoms with Crippen molar-refractivity contribution < 1.29 is 9.18 Å². The molecule has 2 aromatic carbocycles. The van der Waals surface area contributed by atoms with Crippen LogP contribution in [0.2, 0.25) is 0 Å². The maximum atomic E-state index is 13.1. The van der Waals surface area contributed by atoms with E-state index in [1.54, 1.807) is 6.07 Å². The van der Waals surface area contributed by atoms with Crippen molar-refractivity contribution in [1.29, 1.82) is 0 Å². The molecule has 0 fully saturated rings. The Hall–Kier alpha value is -1.63. The van der Waals surface area contributed by atoms with E-state index < -0.39 is 11.7 Å². The molecule has 0 spiro atoms. The van der Waals surface area contributed by atoms with Crippen LogP contribution in [0.3, 0.4) is 0 Å². The van der Waals surface area contributed by atoms with Crippen LogP contribution >= 0.6 is 22.6 Å². The van der Waals surface area contributed by atoms with Crippen LogP contribution in [0.1, 0.15) is 15.9 Å². The topological polar surface area (TPSA) is 55.1 Å². The number of carbonyl (C=O) groups is 1. The lowest BCUT2D eigenvalue weighted by atomic mass is 10.1. The van der Waals surface area contributed by atoms with Crippen LogP contribution in [0.5, 0.6) is 0 Å². The van der Waals surface area contributed by atoms with Gasteiger partial charge in [0.2, 0.25) is 0 Å². The highest BCUT2D eigenvalue weighted by atomic mass is 127. The first-order valence-corrected chi connectivity index (χ1v) is 6.68. The number of aryl methyl sites for hydroxylation is 1. The van der Waals surface area contributed by atoms with Crippen molar-refractivity contribution in [3.63, 3.8) is 0 Å². The van der Waals surface area contributed by atoms with Crippen molar-refractivity contribution in [2.75, 3.05) is 11.1 Å². The molecule has 0 aliphatic heterocycles. The normalized spacial score (nSPS) is 10.3. The van der Waals surface area contributed by atoms with Gasteiger partial charge in [0, 0.05) is 14.9 Å². The highest BCUT2D eigenvalue weighted by Gasteiger charge is 2.11. The summed E-state index contributed by atoms with van der Waals surface area (Å²) in [6.07, 6.45) is 0. The summed E-state index contributed by atoms with van der Waals surface area (Å²) in [6.45, 7) is 1.98. The molecule has 0 radical (unpaired) electrons. The highest BCUT2D eigenvalue weighted by molar-refractivity contribution is 14.1. The van der Waals surface area contributed by atoms with Gasteiger partial charge in [-0.25, -0.2) is 4.39 Å². The first-order valence-electron chi connectivity index (χ1n) is 5.60. The number of nitrogens with two attached hydrogens (primary N) is 1. The molecule has 98 valence electrons. The average Bonchev–Trinajstić information content (AvgIpc) is 2.36. The van der Waals surface area contributed by atoms with E-state index in [-0.39, 0.29) is 11.3 Å². The van der Waals surface area contributed by atoms with Gasteiger partial charge in [0.05, 0.1) is 5.56 Å². The van der Waals surface area contributed by atoms with E-state index in [0.29, 0.717) is 5.69 Å². The number of amides is 1. The maximum Gasteiger partial charge on any atom is 0.257 e. The predicted octanol–water partition coefficient (Wildman–Crippen LogP) is 3.57. The number of hydrogen-bond acceptors (Lipinski definition) is 2. The van der Waals surface area contributed by atoms with Gasteiger partial charge in [-0.05, 0) is 65.4 Å². The van der Waals surface area contributed by atoms with Gasteiger partial charge in [-0.3, -0.25) is 4.79 Å². The smallest absolute Gasteiger partial charge is 0.257 e. The number of nitrogen functional groups attached to an aromatic ring is 1. The molecule has 0 aliphatic carbocycles. The Labute approximate surface area is 124 Å². The average molecular weight is 370 g/mol. The standard InChI is InChI=1S/C14H12FIN2O/c1-8-2-4-10(7-12(8)16)18-14(19)11-6-9(15)3-5-13(11)17/h2-7H,17H2,1H3,(H,18,19). The zero-order chi connectivity index (χ0) is 14.0. The van der Waals surface area contributed by atoms with Crippen LogP contribution in [0.15, 0.2) is 36.4 Å². The number of benzene rings is 2. The summed E-state index contributed by atoms with van der Waals surface area (Å²) in [5, 5.41) is 2.70. The molecular weight excluding hydrogens is 358 g/mol. The van der Waals surface area contributed by atoms with E-state index in [4.69, 9.17) is 5.73 Å². The third-order valence-electron chi connectivity index (χ3n) is 2.69. The van der Waals surface area contributed by atoms with Crippen LogP contribution < -0.4 is 11.1 Å². The zero-order valence-corrected chi connectivity index (χ0v) is 12.4. The summed E-state index contributed by atoms with van der Waals surface area (Å²) in [7, 11) is 0. The van der Waals surface area contributed by atoms with Crippen molar-refractivity contribution in [3.05, 3.63) is 56.9 Å². The maximum absolute atomic E-state index is 13.1. The summed E-state index contributed by atoms with van der Waals surface area (Å²) in [6, 6.07) is 9.29. The molecule has 0 unspecified atom stereocenters. The Balaban J connectivity index is 2.25. The largest absolute Gasteiger partial charge is 0.398 e. The molecule has 0 saturated heterocycles. The Morgan fingerprint density at radius 1 is 1.26 bits per heavy atom. The van der Waals surface area contributed by atoms with Gasteiger partial charge in [0.25, 0.3) is 5.91 Å². The van der Waals surface area contributed by atoms with E-state index in [1.807, 2.05) is 19.1 Å². The molecule has 1 amide bonds. The van der Waals surface area contributed by atoms with Crippen molar-refractivity contribution in [1.82, 2.24) is 0 Å². The third kappa shape index (κ3) is 3.23. The van der Waals surface area contributed by atoms with E-state index in [9.17, 15) is 9.18 Å². The van der Waals surface area contributed by atoms with Gasteiger partial charge in [-0.15, -0.1) is 0 Å². The number of hydrogen-bond donors (Lipinski definition) is 2.